The van der Waals surface area contributed by atoms with Crippen LogP contribution in [-0.2, 0) is 4.79 Å². The van der Waals surface area contributed by atoms with Gasteiger partial charge in [0.05, 0.1) is 17.5 Å². The van der Waals surface area contributed by atoms with Gasteiger partial charge >= 0.3 is 0 Å². The molecular weight excluding hydrogens is 234 g/mol. The minimum atomic E-state index is -1.25. The largest absolute Gasteiger partial charge is 0.489 e. The molecule has 0 aliphatic carbocycles. The van der Waals surface area contributed by atoms with Gasteiger partial charge in [0.25, 0.3) is 0 Å². The number of aliphatic hydroxyl groups excluding tert-OH is 1. The van der Waals surface area contributed by atoms with Gasteiger partial charge in [0, 0.05) is 6.54 Å². The Hall–Kier alpha value is -1.95. The SMILES string of the molecule is CC(C)Oc1cccc(NCC(O)C(N)=O)c1N. The Bertz CT molecular complexity index is 421. The smallest absolute Gasteiger partial charge is 0.248 e. The summed E-state index contributed by atoms with van der Waals surface area (Å²) in [5.41, 5.74) is 11.9. The van der Waals surface area contributed by atoms with Crippen LogP contribution < -0.4 is 21.5 Å². The molecule has 0 saturated heterocycles. The molecule has 0 radical (unpaired) electrons. The first-order chi connectivity index (χ1) is 8.41. The second-order valence-corrected chi connectivity index (χ2v) is 4.18. The summed E-state index contributed by atoms with van der Waals surface area (Å²) in [6.07, 6.45) is -1.24. The molecule has 1 aromatic rings. The van der Waals surface area contributed by atoms with Crippen LogP contribution >= 0.6 is 0 Å². The Labute approximate surface area is 106 Å². The lowest BCUT2D eigenvalue weighted by atomic mass is 10.2. The molecule has 6 nitrogen and oxygen atoms in total. The molecule has 0 aliphatic rings. The third kappa shape index (κ3) is 3.81. The summed E-state index contributed by atoms with van der Waals surface area (Å²) < 4.78 is 5.52. The lowest BCUT2D eigenvalue weighted by molar-refractivity contribution is -0.125. The van der Waals surface area contributed by atoms with Gasteiger partial charge in [-0.2, -0.15) is 0 Å². The van der Waals surface area contributed by atoms with E-state index < -0.39 is 12.0 Å². The summed E-state index contributed by atoms with van der Waals surface area (Å²) in [4.78, 5) is 10.7. The van der Waals surface area contributed by atoms with E-state index in [0.717, 1.165) is 0 Å². The molecule has 100 valence electrons. The molecule has 1 atom stereocenters. The summed E-state index contributed by atoms with van der Waals surface area (Å²) in [7, 11) is 0. The van der Waals surface area contributed by atoms with Crippen LogP contribution in [0.5, 0.6) is 5.75 Å². The average molecular weight is 253 g/mol. The maximum Gasteiger partial charge on any atom is 0.248 e. The fraction of sp³-hybridized carbons (Fsp3) is 0.417. The number of hydrogen-bond acceptors (Lipinski definition) is 5. The van der Waals surface area contributed by atoms with Gasteiger partial charge in [0.2, 0.25) is 5.91 Å². The Kier molecular flexibility index (Phi) is 4.79. The summed E-state index contributed by atoms with van der Waals surface area (Å²) >= 11 is 0. The van der Waals surface area contributed by atoms with Crippen molar-refractivity contribution in [1.29, 1.82) is 0 Å². The Morgan fingerprint density at radius 2 is 2.17 bits per heavy atom. The molecule has 0 saturated carbocycles. The number of nitrogens with one attached hydrogen (secondary N) is 1. The highest BCUT2D eigenvalue weighted by atomic mass is 16.5. The zero-order chi connectivity index (χ0) is 13.7. The molecule has 0 aliphatic heterocycles. The molecule has 6 N–H and O–H groups in total. The van der Waals surface area contributed by atoms with E-state index in [1.807, 2.05) is 13.8 Å². The van der Waals surface area contributed by atoms with E-state index in [1.165, 1.54) is 0 Å². The molecular formula is C12H19N3O3. The Morgan fingerprint density at radius 1 is 1.50 bits per heavy atom. The zero-order valence-corrected chi connectivity index (χ0v) is 10.5. The van der Waals surface area contributed by atoms with Crippen LogP contribution in [0.1, 0.15) is 13.8 Å². The second kappa shape index (κ2) is 6.11. The van der Waals surface area contributed by atoms with Crippen molar-refractivity contribution in [1.82, 2.24) is 0 Å². The minimum absolute atomic E-state index is 0.00463. The number of amides is 1. The van der Waals surface area contributed by atoms with E-state index in [1.54, 1.807) is 18.2 Å². The molecule has 0 aromatic heterocycles. The number of hydrogen-bond donors (Lipinski definition) is 4. The van der Waals surface area contributed by atoms with Gasteiger partial charge in [-0.25, -0.2) is 0 Å². The van der Waals surface area contributed by atoms with Crippen molar-refractivity contribution < 1.29 is 14.6 Å². The molecule has 0 bridgehead atoms. The van der Waals surface area contributed by atoms with Crippen molar-refractivity contribution in [3.05, 3.63) is 18.2 Å². The fourth-order valence-electron chi connectivity index (χ4n) is 1.36. The van der Waals surface area contributed by atoms with Gasteiger partial charge in [-0.05, 0) is 26.0 Å². The van der Waals surface area contributed by atoms with Crippen LogP contribution in [-0.4, -0.2) is 29.8 Å². The molecule has 1 aromatic carbocycles. The molecule has 0 spiro atoms. The first-order valence-electron chi connectivity index (χ1n) is 5.68. The lowest BCUT2D eigenvalue weighted by Crippen LogP contribution is -2.34. The molecule has 1 unspecified atom stereocenters. The van der Waals surface area contributed by atoms with Gasteiger partial charge in [0.1, 0.15) is 11.9 Å². The number of nitrogens with two attached hydrogens (primary N) is 2. The van der Waals surface area contributed by atoms with Crippen molar-refractivity contribution >= 4 is 17.3 Å². The van der Waals surface area contributed by atoms with Crippen molar-refractivity contribution in [3.63, 3.8) is 0 Å². The predicted molar refractivity (Wildman–Crippen MR) is 70.3 cm³/mol. The number of ether oxygens (including phenoxy) is 1. The number of rotatable bonds is 6. The number of carbonyl (C=O) groups is 1. The van der Waals surface area contributed by atoms with Crippen LogP contribution in [0.2, 0.25) is 0 Å². The molecule has 0 heterocycles. The number of carbonyl (C=O) groups excluding carboxylic acids is 1. The van der Waals surface area contributed by atoms with Gasteiger partial charge in [-0.1, -0.05) is 6.07 Å². The standard InChI is InChI=1S/C12H19N3O3/c1-7(2)18-10-5-3-4-8(11(10)13)15-6-9(16)12(14)17/h3-5,7,9,15-16H,6,13H2,1-2H3,(H2,14,17). The van der Waals surface area contributed by atoms with E-state index in [0.29, 0.717) is 17.1 Å². The highest BCUT2D eigenvalue weighted by molar-refractivity contribution is 5.80. The maximum absolute atomic E-state index is 10.7. The third-order valence-corrected chi connectivity index (χ3v) is 2.24. The third-order valence-electron chi connectivity index (χ3n) is 2.24. The van der Waals surface area contributed by atoms with Crippen LogP contribution in [0.4, 0.5) is 11.4 Å². The maximum atomic E-state index is 10.7. The molecule has 6 heteroatoms. The second-order valence-electron chi connectivity index (χ2n) is 4.18. The number of para-hydroxylation sites is 1. The van der Waals surface area contributed by atoms with Crippen molar-refractivity contribution in [2.24, 2.45) is 5.73 Å². The van der Waals surface area contributed by atoms with E-state index in [-0.39, 0.29) is 12.6 Å². The Balaban J connectivity index is 2.74. The topological polar surface area (TPSA) is 111 Å². The summed E-state index contributed by atoms with van der Waals surface area (Å²) in [5, 5.41) is 12.1. The number of nitrogen functional groups attached to an aromatic ring is 1. The fourth-order valence-corrected chi connectivity index (χ4v) is 1.36. The number of benzene rings is 1. The van der Waals surface area contributed by atoms with E-state index in [2.05, 4.69) is 5.32 Å². The van der Waals surface area contributed by atoms with E-state index >= 15 is 0 Å². The Morgan fingerprint density at radius 3 is 2.72 bits per heavy atom. The number of anilines is 2. The monoisotopic (exact) mass is 253 g/mol. The summed E-state index contributed by atoms with van der Waals surface area (Å²) in [6.45, 7) is 3.80. The van der Waals surface area contributed by atoms with Crippen LogP contribution in [0.15, 0.2) is 18.2 Å². The summed E-state index contributed by atoms with van der Waals surface area (Å²) in [5.74, 6) is -0.223. The van der Waals surface area contributed by atoms with E-state index in [9.17, 15) is 9.90 Å². The highest BCUT2D eigenvalue weighted by Gasteiger charge is 2.12. The van der Waals surface area contributed by atoms with Crippen molar-refractivity contribution in [3.8, 4) is 5.75 Å². The molecule has 1 amide bonds. The first-order valence-corrected chi connectivity index (χ1v) is 5.68. The van der Waals surface area contributed by atoms with Gasteiger partial charge in [-0.15, -0.1) is 0 Å². The first kappa shape index (κ1) is 14.1. The van der Waals surface area contributed by atoms with Crippen molar-refractivity contribution in [2.45, 2.75) is 26.1 Å². The van der Waals surface area contributed by atoms with Crippen LogP contribution in [0.25, 0.3) is 0 Å². The molecule has 0 fully saturated rings. The average Bonchev–Trinajstić information content (AvgIpc) is 2.29. The predicted octanol–water partition coefficient (Wildman–Crippen LogP) is 0.314. The highest BCUT2D eigenvalue weighted by Crippen LogP contribution is 2.29. The quantitative estimate of drug-likeness (QED) is 0.545. The van der Waals surface area contributed by atoms with Crippen molar-refractivity contribution in [2.75, 3.05) is 17.6 Å². The zero-order valence-electron chi connectivity index (χ0n) is 10.5. The summed E-state index contributed by atoms with van der Waals surface area (Å²) in [6, 6.07) is 5.26. The van der Waals surface area contributed by atoms with Gasteiger partial charge in [0.15, 0.2) is 0 Å². The number of primary amides is 1. The van der Waals surface area contributed by atoms with Gasteiger partial charge in [-0.3, -0.25) is 4.79 Å². The molecule has 1 rings (SSSR count). The van der Waals surface area contributed by atoms with Crippen LogP contribution in [0.3, 0.4) is 0 Å². The van der Waals surface area contributed by atoms with Gasteiger partial charge < -0.3 is 26.6 Å². The normalized spacial score (nSPS) is 12.2. The van der Waals surface area contributed by atoms with Crippen LogP contribution in [0, 0.1) is 0 Å². The number of aliphatic hydroxyl groups is 1. The molecule has 18 heavy (non-hydrogen) atoms. The lowest BCUT2D eigenvalue weighted by Gasteiger charge is -2.16. The minimum Gasteiger partial charge on any atom is -0.489 e. The van der Waals surface area contributed by atoms with E-state index in [4.69, 9.17) is 16.2 Å².